The van der Waals surface area contributed by atoms with Gasteiger partial charge in [-0.3, -0.25) is 4.72 Å². The van der Waals surface area contributed by atoms with E-state index in [2.05, 4.69) is 9.82 Å². The number of hydrogen-bond donors (Lipinski definition) is 1. The van der Waals surface area contributed by atoms with Gasteiger partial charge in [-0.15, -0.1) is 0 Å². The standard InChI is InChI=1S/C19H16N4O4S/c1-2-27-19(24)18-11-12-23(21-18)16-7-5-15(6-8-16)22-28(25,26)17-9-3-14(13-20)4-10-17/h3-12,22H,2H2,1H3. The Labute approximate surface area is 162 Å². The smallest absolute Gasteiger partial charge is 0.358 e. The van der Waals surface area contributed by atoms with Crippen LogP contribution in [0.1, 0.15) is 23.0 Å². The van der Waals surface area contributed by atoms with E-state index in [9.17, 15) is 13.2 Å². The lowest BCUT2D eigenvalue weighted by atomic mass is 10.2. The van der Waals surface area contributed by atoms with E-state index in [4.69, 9.17) is 10.00 Å². The van der Waals surface area contributed by atoms with E-state index in [1.54, 1.807) is 43.5 Å². The highest BCUT2D eigenvalue weighted by molar-refractivity contribution is 7.92. The van der Waals surface area contributed by atoms with Crippen LogP contribution in [0, 0.1) is 11.3 Å². The molecule has 0 saturated carbocycles. The van der Waals surface area contributed by atoms with Gasteiger partial charge in [-0.2, -0.15) is 10.4 Å². The zero-order valence-electron chi connectivity index (χ0n) is 14.9. The molecule has 3 aromatic rings. The number of nitrogens with one attached hydrogen (secondary N) is 1. The minimum atomic E-state index is -3.77. The van der Waals surface area contributed by atoms with Gasteiger partial charge in [-0.05, 0) is 61.5 Å². The van der Waals surface area contributed by atoms with Gasteiger partial charge < -0.3 is 4.74 Å². The second kappa shape index (κ2) is 7.94. The predicted octanol–water partition coefficient (Wildman–Crippen LogP) is 2.72. The van der Waals surface area contributed by atoms with Gasteiger partial charge in [0, 0.05) is 11.9 Å². The van der Waals surface area contributed by atoms with Crippen molar-refractivity contribution in [2.24, 2.45) is 0 Å². The summed E-state index contributed by atoms with van der Waals surface area (Å²) in [6.07, 6.45) is 1.61. The Hall–Kier alpha value is -3.64. The van der Waals surface area contributed by atoms with Crippen molar-refractivity contribution in [2.45, 2.75) is 11.8 Å². The Bertz CT molecular complexity index is 1130. The second-order valence-electron chi connectivity index (χ2n) is 5.65. The highest BCUT2D eigenvalue weighted by Gasteiger charge is 2.15. The Morgan fingerprint density at radius 1 is 1.14 bits per heavy atom. The predicted molar refractivity (Wildman–Crippen MR) is 101 cm³/mol. The highest BCUT2D eigenvalue weighted by atomic mass is 32.2. The normalized spacial score (nSPS) is 10.9. The molecule has 0 atom stereocenters. The lowest BCUT2D eigenvalue weighted by Gasteiger charge is -2.09. The fourth-order valence-electron chi connectivity index (χ4n) is 2.39. The zero-order valence-corrected chi connectivity index (χ0v) is 15.7. The van der Waals surface area contributed by atoms with Crippen LogP contribution in [0.2, 0.25) is 0 Å². The maximum atomic E-state index is 12.4. The van der Waals surface area contributed by atoms with Crippen molar-refractivity contribution < 1.29 is 17.9 Å². The van der Waals surface area contributed by atoms with Crippen molar-refractivity contribution in [2.75, 3.05) is 11.3 Å². The molecule has 0 aliphatic heterocycles. The minimum absolute atomic E-state index is 0.0572. The van der Waals surface area contributed by atoms with Crippen molar-refractivity contribution >= 4 is 21.7 Å². The molecule has 9 heteroatoms. The number of esters is 1. The number of sulfonamides is 1. The summed E-state index contributed by atoms with van der Waals surface area (Å²) < 4.78 is 33.7. The summed E-state index contributed by atoms with van der Waals surface area (Å²) in [7, 11) is -3.77. The third kappa shape index (κ3) is 4.19. The molecule has 3 rings (SSSR count). The van der Waals surface area contributed by atoms with Crippen LogP contribution in [0.25, 0.3) is 5.69 Å². The molecule has 1 heterocycles. The molecule has 0 fully saturated rings. The van der Waals surface area contributed by atoms with E-state index in [0.29, 0.717) is 16.9 Å². The largest absolute Gasteiger partial charge is 0.461 e. The molecule has 0 aliphatic carbocycles. The summed E-state index contributed by atoms with van der Waals surface area (Å²) in [6, 6.07) is 15.6. The SMILES string of the molecule is CCOC(=O)c1ccn(-c2ccc(NS(=O)(=O)c3ccc(C#N)cc3)cc2)n1. The second-order valence-corrected chi connectivity index (χ2v) is 7.34. The summed E-state index contributed by atoms with van der Waals surface area (Å²) in [5.41, 5.74) is 1.58. The van der Waals surface area contributed by atoms with Crippen LogP contribution in [0.15, 0.2) is 65.7 Å². The Balaban J connectivity index is 1.75. The van der Waals surface area contributed by atoms with Crippen molar-refractivity contribution in [1.29, 1.82) is 5.26 Å². The molecule has 0 amide bonds. The fraction of sp³-hybridized carbons (Fsp3) is 0.105. The van der Waals surface area contributed by atoms with Gasteiger partial charge >= 0.3 is 5.97 Å². The minimum Gasteiger partial charge on any atom is -0.461 e. The number of anilines is 1. The van der Waals surface area contributed by atoms with Crippen LogP contribution in [0.5, 0.6) is 0 Å². The Kier molecular flexibility index (Phi) is 5.42. The third-order valence-electron chi connectivity index (χ3n) is 3.75. The van der Waals surface area contributed by atoms with Crippen LogP contribution in [0.3, 0.4) is 0 Å². The highest BCUT2D eigenvalue weighted by Crippen LogP contribution is 2.18. The molecule has 1 aromatic heterocycles. The number of ether oxygens (including phenoxy) is 1. The van der Waals surface area contributed by atoms with Crippen LogP contribution < -0.4 is 4.72 Å². The number of hydrogen-bond acceptors (Lipinski definition) is 6. The molecule has 0 aliphatic rings. The average molecular weight is 396 g/mol. The van der Waals surface area contributed by atoms with Crippen molar-refractivity contribution in [1.82, 2.24) is 9.78 Å². The average Bonchev–Trinajstić information content (AvgIpc) is 3.19. The van der Waals surface area contributed by atoms with E-state index in [1.807, 2.05) is 6.07 Å². The van der Waals surface area contributed by atoms with Gasteiger partial charge in [0.2, 0.25) is 0 Å². The third-order valence-corrected chi connectivity index (χ3v) is 5.15. The molecule has 0 unspecified atom stereocenters. The van der Waals surface area contributed by atoms with Gasteiger partial charge in [0.25, 0.3) is 10.0 Å². The van der Waals surface area contributed by atoms with E-state index in [0.717, 1.165) is 0 Å². The van der Waals surface area contributed by atoms with Gasteiger partial charge in [-0.25, -0.2) is 17.9 Å². The molecule has 2 aromatic carbocycles. The van der Waals surface area contributed by atoms with Gasteiger partial charge in [0.15, 0.2) is 5.69 Å². The number of carbonyl (C=O) groups is 1. The first-order valence-corrected chi connectivity index (χ1v) is 9.77. The molecule has 0 saturated heterocycles. The van der Waals surface area contributed by atoms with E-state index >= 15 is 0 Å². The zero-order chi connectivity index (χ0) is 20.1. The number of benzene rings is 2. The van der Waals surface area contributed by atoms with Crippen LogP contribution in [0.4, 0.5) is 5.69 Å². The lowest BCUT2D eigenvalue weighted by molar-refractivity contribution is 0.0519. The first-order valence-electron chi connectivity index (χ1n) is 8.29. The van der Waals surface area contributed by atoms with Crippen molar-refractivity contribution in [3.05, 3.63) is 72.1 Å². The van der Waals surface area contributed by atoms with Crippen molar-refractivity contribution in [3.8, 4) is 11.8 Å². The summed E-state index contributed by atoms with van der Waals surface area (Å²) in [5, 5.41) is 12.9. The van der Waals surface area contributed by atoms with Crippen LogP contribution in [-0.4, -0.2) is 30.8 Å². The van der Waals surface area contributed by atoms with E-state index in [-0.39, 0.29) is 17.2 Å². The van der Waals surface area contributed by atoms with Gasteiger partial charge in [-0.1, -0.05) is 0 Å². The molecular formula is C19H16N4O4S. The molecule has 0 bridgehead atoms. The molecule has 28 heavy (non-hydrogen) atoms. The molecule has 0 radical (unpaired) electrons. The summed E-state index contributed by atoms with van der Waals surface area (Å²) in [6.45, 7) is 1.98. The number of carbonyl (C=O) groups excluding carboxylic acids is 1. The molecule has 8 nitrogen and oxygen atoms in total. The Morgan fingerprint density at radius 3 is 2.43 bits per heavy atom. The quantitative estimate of drug-likeness (QED) is 0.641. The molecule has 1 N–H and O–H groups in total. The van der Waals surface area contributed by atoms with Crippen LogP contribution >= 0.6 is 0 Å². The van der Waals surface area contributed by atoms with Crippen LogP contribution in [-0.2, 0) is 14.8 Å². The topological polar surface area (TPSA) is 114 Å². The maximum Gasteiger partial charge on any atom is 0.358 e. The van der Waals surface area contributed by atoms with E-state index in [1.165, 1.54) is 28.9 Å². The van der Waals surface area contributed by atoms with Gasteiger partial charge in [0.1, 0.15) is 0 Å². The number of nitriles is 1. The number of rotatable bonds is 6. The summed E-state index contributed by atoms with van der Waals surface area (Å²) in [4.78, 5) is 11.7. The maximum absolute atomic E-state index is 12.4. The van der Waals surface area contributed by atoms with Gasteiger partial charge in [0.05, 0.1) is 28.8 Å². The summed E-state index contributed by atoms with van der Waals surface area (Å²) in [5.74, 6) is -0.506. The van der Waals surface area contributed by atoms with Crippen molar-refractivity contribution in [3.63, 3.8) is 0 Å². The fourth-order valence-corrected chi connectivity index (χ4v) is 3.45. The number of nitrogens with zero attached hydrogens (tertiary/aromatic N) is 3. The molecule has 142 valence electrons. The first-order chi connectivity index (χ1) is 13.4. The van der Waals surface area contributed by atoms with E-state index < -0.39 is 16.0 Å². The Morgan fingerprint density at radius 2 is 1.82 bits per heavy atom. The summed E-state index contributed by atoms with van der Waals surface area (Å²) >= 11 is 0. The lowest BCUT2D eigenvalue weighted by Crippen LogP contribution is -2.13. The molecular weight excluding hydrogens is 380 g/mol. The molecule has 0 spiro atoms. The monoisotopic (exact) mass is 396 g/mol. The first kappa shape index (κ1) is 19.1. The number of aromatic nitrogens is 2.